The Bertz CT molecular complexity index is 1110. The molecule has 0 amide bonds. The van der Waals surface area contributed by atoms with Crippen molar-refractivity contribution in [3.8, 4) is 22.7 Å². The number of phenols is 1. The van der Waals surface area contributed by atoms with E-state index in [1.165, 1.54) is 0 Å². The van der Waals surface area contributed by atoms with E-state index in [9.17, 15) is 5.11 Å². The van der Waals surface area contributed by atoms with Gasteiger partial charge in [0.2, 0.25) is 0 Å². The molecule has 2 saturated heterocycles. The fourth-order valence-electron chi connectivity index (χ4n) is 5.17. The van der Waals surface area contributed by atoms with Gasteiger partial charge in [-0.3, -0.25) is 0 Å². The van der Waals surface area contributed by atoms with Crippen LogP contribution in [0.4, 0.5) is 4.39 Å². The Labute approximate surface area is 180 Å². The number of aromatic hydroxyl groups is 1. The number of aromatic nitrogens is 4. The van der Waals surface area contributed by atoms with Crippen LogP contribution in [0.3, 0.4) is 0 Å². The normalized spacial score (nSPS) is 29.3. The second-order valence-electron chi connectivity index (χ2n) is 9.17. The third-order valence-electron chi connectivity index (χ3n) is 6.37. The highest BCUT2D eigenvalue weighted by Crippen LogP contribution is 2.41. The third-order valence-corrected chi connectivity index (χ3v) is 6.37. The van der Waals surface area contributed by atoms with Gasteiger partial charge in [-0.1, -0.05) is 6.92 Å². The molecule has 1 unspecified atom stereocenters. The quantitative estimate of drug-likeness (QED) is 0.662. The van der Waals surface area contributed by atoms with E-state index in [1.54, 1.807) is 24.7 Å². The average molecular weight is 420 g/mol. The molecule has 4 atom stereocenters. The molecule has 0 radical (unpaired) electrons. The van der Waals surface area contributed by atoms with Gasteiger partial charge in [-0.25, -0.2) is 9.37 Å². The molecule has 160 valence electrons. The summed E-state index contributed by atoms with van der Waals surface area (Å²) in [7, 11) is 0. The summed E-state index contributed by atoms with van der Waals surface area (Å²) in [5.41, 5.74) is 3.32. The zero-order valence-corrected chi connectivity index (χ0v) is 17.7. The zero-order valence-electron chi connectivity index (χ0n) is 17.7. The first kappa shape index (κ1) is 19.9. The topological polar surface area (TPSA) is 75.9 Å². The van der Waals surface area contributed by atoms with E-state index in [2.05, 4.69) is 34.3 Å². The maximum absolute atomic E-state index is 15.1. The molecule has 2 aliphatic heterocycles. The summed E-state index contributed by atoms with van der Waals surface area (Å²) in [6, 6.07) is 8.86. The summed E-state index contributed by atoms with van der Waals surface area (Å²) in [5, 5.41) is 22.5. The molecule has 7 heteroatoms. The van der Waals surface area contributed by atoms with Gasteiger partial charge in [0, 0.05) is 35.6 Å². The van der Waals surface area contributed by atoms with Gasteiger partial charge in [0.05, 0.1) is 23.4 Å². The van der Waals surface area contributed by atoms with E-state index in [0.29, 0.717) is 29.3 Å². The minimum Gasteiger partial charge on any atom is -0.507 e. The van der Waals surface area contributed by atoms with Gasteiger partial charge in [0.25, 0.3) is 0 Å². The third kappa shape index (κ3) is 3.85. The molecular formula is C24H26FN5O. The Morgan fingerprint density at radius 1 is 1.26 bits per heavy atom. The van der Waals surface area contributed by atoms with E-state index in [4.69, 9.17) is 0 Å². The smallest absolute Gasteiger partial charge is 0.137 e. The molecule has 2 bridgehead atoms. The molecule has 31 heavy (non-hydrogen) atoms. The first-order chi connectivity index (χ1) is 14.9. The van der Waals surface area contributed by atoms with Crippen molar-refractivity contribution in [3.63, 3.8) is 0 Å². The number of halogens is 1. The number of nitrogens with one attached hydrogen (secondary N) is 1. The lowest BCUT2D eigenvalue weighted by Gasteiger charge is -2.49. The molecule has 0 aliphatic carbocycles. The first-order valence-electron chi connectivity index (χ1n) is 10.7. The summed E-state index contributed by atoms with van der Waals surface area (Å²) in [4.78, 5) is 4.02. The molecule has 1 aromatic carbocycles. The summed E-state index contributed by atoms with van der Waals surface area (Å²) in [6.45, 7) is 4.38. The second kappa shape index (κ2) is 7.57. The number of rotatable bonds is 3. The Hall–Kier alpha value is -3.06. The van der Waals surface area contributed by atoms with E-state index < -0.39 is 6.17 Å². The second-order valence-corrected chi connectivity index (χ2v) is 9.17. The van der Waals surface area contributed by atoms with Crippen LogP contribution in [0.15, 0.2) is 54.6 Å². The van der Waals surface area contributed by atoms with Crippen molar-refractivity contribution in [1.29, 1.82) is 0 Å². The number of imidazole rings is 1. The molecule has 2 fully saturated rings. The molecule has 5 rings (SSSR count). The van der Waals surface area contributed by atoms with Gasteiger partial charge in [-0.15, -0.1) is 5.10 Å². The number of alkyl halides is 1. The molecule has 0 saturated carbocycles. The number of hydrogen-bond donors (Lipinski definition) is 2. The number of phenolic OH excluding ortho intramolecular Hbond substituents is 1. The van der Waals surface area contributed by atoms with Gasteiger partial charge < -0.3 is 15.0 Å². The van der Waals surface area contributed by atoms with Crippen LogP contribution in [0.25, 0.3) is 23.0 Å². The van der Waals surface area contributed by atoms with Gasteiger partial charge in [0.1, 0.15) is 11.9 Å². The van der Waals surface area contributed by atoms with Gasteiger partial charge in [-0.2, -0.15) is 5.10 Å². The number of benzene rings is 1. The number of hydrogen-bond acceptors (Lipinski definition) is 5. The lowest BCUT2D eigenvalue weighted by molar-refractivity contribution is 0.0936. The van der Waals surface area contributed by atoms with Crippen LogP contribution in [-0.2, 0) is 0 Å². The fourth-order valence-corrected chi connectivity index (χ4v) is 5.17. The largest absolute Gasteiger partial charge is 0.507 e. The van der Waals surface area contributed by atoms with E-state index in [-0.39, 0.29) is 17.3 Å². The molecule has 6 nitrogen and oxygen atoms in total. The first-order valence-corrected chi connectivity index (χ1v) is 10.7. The summed E-state index contributed by atoms with van der Waals surface area (Å²) < 4.78 is 16.9. The maximum atomic E-state index is 15.1. The van der Waals surface area contributed by atoms with Crippen molar-refractivity contribution >= 4 is 6.08 Å². The van der Waals surface area contributed by atoms with Crippen LogP contribution in [0.2, 0.25) is 0 Å². The van der Waals surface area contributed by atoms with Gasteiger partial charge in [-0.05, 0) is 68.0 Å². The van der Waals surface area contributed by atoms with E-state index >= 15 is 4.39 Å². The van der Waals surface area contributed by atoms with Crippen LogP contribution < -0.4 is 5.32 Å². The van der Waals surface area contributed by atoms with Crippen LogP contribution in [0, 0.1) is 5.92 Å². The molecule has 2 aliphatic rings. The predicted octanol–water partition coefficient (Wildman–Crippen LogP) is 4.31. The SMILES string of the molecule is CC1C[C@H]2N[C@](C)(C/C(=C/c3ccc(-c4ccc(-n5ccnc5)cc4O)nn3)[C@H]2F)C1. The molecule has 4 heterocycles. The van der Waals surface area contributed by atoms with Crippen LogP contribution in [0.5, 0.6) is 5.75 Å². The minimum atomic E-state index is -1.00. The Balaban J connectivity index is 1.38. The molecule has 2 N–H and O–H groups in total. The van der Waals surface area contributed by atoms with Crippen LogP contribution in [-0.4, -0.2) is 42.6 Å². The van der Waals surface area contributed by atoms with Crippen molar-refractivity contribution in [3.05, 3.63) is 60.3 Å². The number of piperidine rings is 2. The molecular weight excluding hydrogens is 393 g/mol. The minimum absolute atomic E-state index is 0.0626. The van der Waals surface area contributed by atoms with E-state index in [1.807, 2.05) is 35.0 Å². The fraction of sp³-hybridized carbons (Fsp3) is 0.375. The summed E-state index contributed by atoms with van der Waals surface area (Å²) in [5.74, 6) is 0.645. The van der Waals surface area contributed by atoms with Crippen molar-refractivity contribution < 1.29 is 9.50 Å². The highest BCUT2D eigenvalue weighted by atomic mass is 19.1. The van der Waals surface area contributed by atoms with Gasteiger partial charge in [0.15, 0.2) is 0 Å². The zero-order chi connectivity index (χ0) is 21.6. The number of fused-ring (bicyclic) bond motifs is 2. The van der Waals surface area contributed by atoms with Crippen LogP contribution >= 0.6 is 0 Å². The lowest BCUT2D eigenvalue weighted by Crippen LogP contribution is -2.61. The van der Waals surface area contributed by atoms with E-state index in [0.717, 1.165) is 24.1 Å². The van der Waals surface area contributed by atoms with Gasteiger partial charge >= 0.3 is 0 Å². The average Bonchev–Trinajstić information content (AvgIpc) is 3.27. The van der Waals surface area contributed by atoms with Crippen molar-refractivity contribution in [2.75, 3.05) is 0 Å². The standard InChI is InChI=1S/C24H26FN5O/c1-15-9-21-23(25)16(13-24(2,12-15)27-21)10-17-3-6-20(29-28-17)19-5-4-18(11-22(19)31)30-8-7-26-14-30/h3-8,10-11,14-15,21,23,27,31H,9,12-13H2,1-2H3/b16-10-/t15?,21-,23-,24+/m1/s1. The predicted molar refractivity (Wildman–Crippen MR) is 117 cm³/mol. The lowest BCUT2D eigenvalue weighted by atomic mass is 9.70. The Morgan fingerprint density at radius 3 is 2.84 bits per heavy atom. The Morgan fingerprint density at radius 2 is 2.13 bits per heavy atom. The van der Waals surface area contributed by atoms with Crippen molar-refractivity contribution in [2.45, 2.75) is 50.9 Å². The monoisotopic (exact) mass is 419 g/mol. The number of nitrogens with zero attached hydrogens (tertiary/aromatic N) is 4. The molecule has 2 aromatic heterocycles. The highest BCUT2D eigenvalue weighted by molar-refractivity contribution is 5.69. The van der Waals surface area contributed by atoms with Crippen molar-refractivity contribution in [1.82, 2.24) is 25.1 Å². The Kier molecular flexibility index (Phi) is 4.85. The summed E-state index contributed by atoms with van der Waals surface area (Å²) >= 11 is 0. The highest BCUT2D eigenvalue weighted by Gasteiger charge is 2.45. The molecule has 0 spiro atoms. The van der Waals surface area contributed by atoms with Crippen molar-refractivity contribution in [2.24, 2.45) is 5.92 Å². The molecule has 3 aromatic rings. The maximum Gasteiger partial charge on any atom is 0.137 e. The van der Waals surface area contributed by atoms with Crippen LogP contribution in [0.1, 0.15) is 38.8 Å². The summed E-state index contributed by atoms with van der Waals surface area (Å²) in [6.07, 6.45) is 8.58.